The highest BCUT2D eigenvalue weighted by molar-refractivity contribution is 7.10. The third-order valence-electron chi connectivity index (χ3n) is 6.18. The van der Waals surface area contributed by atoms with Crippen LogP contribution in [0.1, 0.15) is 40.5 Å². The van der Waals surface area contributed by atoms with Crippen LogP contribution in [0, 0.1) is 0 Å². The Kier molecular flexibility index (Phi) is 3.88. The molecule has 0 saturated carbocycles. The lowest BCUT2D eigenvalue weighted by Gasteiger charge is -2.30. The standard InChI is InChI=1S/C21H23N3O2S/c1-21(17-6-5-14-3-2-4-15(14)11-17)19(25)24(20(26)22-21)13-23-9-7-18-16(12-23)8-10-27-18/h5-6,8,10-11H,2-4,7,9,12-13H2,1H3,(H,22,26)/t21-/m0/s1. The van der Waals surface area contributed by atoms with Crippen LogP contribution in [0.15, 0.2) is 29.6 Å². The average molecular weight is 382 g/mol. The predicted molar refractivity (Wildman–Crippen MR) is 104 cm³/mol. The fourth-order valence-electron chi connectivity index (χ4n) is 4.53. The highest BCUT2D eigenvalue weighted by atomic mass is 32.1. The van der Waals surface area contributed by atoms with Crippen molar-refractivity contribution in [2.75, 3.05) is 13.2 Å². The van der Waals surface area contributed by atoms with Crippen molar-refractivity contribution in [2.45, 2.75) is 44.7 Å². The number of amides is 3. The zero-order valence-corrected chi connectivity index (χ0v) is 16.3. The summed E-state index contributed by atoms with van der Waals surface area (Å²) >= 11 is 1.79. The highest BCUT2D eigenvalue weighted by Crippen LogP contribution is 2.33. The topological polar surface area (TPSA) is 52.7 Å². The Balaban J connectivity index is 1.37. The maximum atomic E-state index is 13.2. The molecule has 140 valence electrons. The van der Waals surface area contributed by atoms with Gasteiger partial charge in [-0.3, -0.25) is 9.69 Å². The Hall–Kier alpha value is -2.18. The van der Waals surface area contributed by atoms with Gasteiger partial charge in [0.2, 0.25) is 0 Å². The summed E-state index contributed by atoms with van der Waals surface area (Å²) in [4.78, 5) is 30.9. The highest BCUT2D eigenvalue weighted by Gasteiger charge is 2.49. The molecule has 5 nitrogen and oxygen atoms in total. The van der Waals surface area contributed by atoms with Crippen molar-refractivity contribution in [3.63, 3.8) is 0 Å². The molecule has 1 aliphatic carbocycles. The van der Waals surface area contributed by atoms with Crippen molar-refractivity contribution in [2.24, 2.45) is 0 Å². The molecule has 5 rings (SSSR count). The fourth-order valence-corrected chi connectivity index (χ4v) is 5.42. The molecule has 1 aromatic heterocycles. The van der Waals surface area contributed by atoms with Gasteiger partial charge in [0.1, 0.15) is 5.54 Å². The number of urea groups is 1. The smallest absolute Gasteiger partial charge is 0.319 e. The molecule has 0 spiro atoms. The number of imide groups is 1. The normalized spacial score (nSPS) is 24.9. The van der Waals surface area contributed by atoms with Crippen LogP contribution in [0.25, 0.3) is 0 Å². The quantitative estimate of drug-likeness (QED) is 0.832. The van der Waals surface area contributed by atoms with E-state index in [1.165, 1.54) is 32.9 Å². The van der Waals surface area contributed by atoms with E-state index >= 15 is 0 Å². The number of benzene rings is 1. The lowest BCUT2D eigenvalue weighted by Crippen LogP contribution is -2.45. The van der Waals surface area contributed by atoms with E-state index in [0.29, 0.717) is 6.67 Å². The van der Waals surface area contributed by atoms with Gasteiger partial charge in [-0.25, -0.2) is 9.69 Å². The zero-order chi connectivity index (χ0) is 18.6. The van der Waals surface area contributed by atoms with Gasteiger partial charge in [-0.1, -0.05) is 18.2 Å². The summed E-state index contributed by atoms with van der Waals surface area (Å²) in [7, 11) is 0. The summed E-state index contributed by atoms with van der Waals surface area (Å²) in [6, 6.07) is 8.09. The Labute approximate surface area is 163 Å². The van der Waals surface area contributed by atoms with Gasteiger partial charge in [-0.2, -0.15) is 0 Å². The van der Waals surface area contributed by atoms with Crippen LogP contribution in [-0.2, 0) is 36.1 Å². The minimum absolute atomic E-state index is 0.151. The Morgan fingerprint density at radius 1 is 1.11 bits per heavy atom. The molecule has 3 heterocycles. The molecule has 0 unspecified atom stereocenters. The molecule has 1 saturated heterocycles. The Bertz CT molecular complexity index is 937. The molecule has 1 aromatic carbocycles. The average Bonchev–Trinajstić information content (AvgIpc) is 3.36. The van der Waals surface area contributed by atoms with Crippen molar-refractivity contribution >= 4 is 23.3 Å². The number of aryl methyl sites for hydroxylation is 2. The zero-order valence-electron chi connectivity index (χ0n) is 15.5. The molecule has 3 amide bonds. The first kappa shape index (κ1) is 17.0. The molecule has 1 atom stereocenters. The molecule has 2 aliphatic heterocycles. The number of nitrogens with one attached hydrogen (secondary N) is 1. The Morgan fingerprint density at radius 3 is 2.85 bits per heavy atom. The van der Waals surface area contributed by atoms with Gasteiger partial charge in [0, 0.05) is 18.0 Å². The fraction of sp³-hybridized carbons (Fsp3) is 0.429. The van der Waals surface area contributed by atoms with Gasteiger partial charge in [0.25, 0.3) is 5.91 Å². The van der Waals surface area contributed by atoms with Crippen LogP contribution < -0.4 is 5.32 Å². The van der Waals surface area contributed by atoms with Gasteiger partial charge in [-0.05, 0) is 66.3 Å². The second-order valence-electron chi connectivity index (χ2n) is 7.94. The molecular weight excluding hydrogens is 358 g/mol. The maximum Gasteiger partial charge on any atom is 0.326 e. The van der Waals surface area contributed by atoms with Crippen LogP contribution in [0.5, 0.6) is 0 Å². The largest absolute Gasteiger partial charge is 0.326 e. The van der Waals surface area contributed by atoms with Crippen molar-refractivity contribution in [1.29, 1.82) is 0 Å². The molecule has 1 fully saturated rings. The third-order valence-corrected chi connectivity index (χ3v) is 7.20. The van der Waals surface area contributed by atoms with Crippen LogP contribution in [0.2, 0.25) is 0 Å². The van der Waals surface area contributed by atoms with Gasteiger partial charge < -0.3 is 5.32 Å². The number of carbonyl (C=O) groups excluding carboxylic acids is 2. The van der Waals surface area contributed by atoms with Crippen LogP contribution >= 0.6 is 11.3 Å². The number of carbonyl (C=O) groups is 2. The number of hydrogen-bond acceptors (Lipinski definition) is 4. The summed E-state index contributed by atoms with van der Waals surface area (Å²) in [6.07, 6.45) is 4.32. The number of thiophene rings is 1. The second kappa shape index (κ2) is 6.17. The van der Waals surface area contributed by atoms with Crippen molar-refractivity contribution in [3.8, 4) is 0 Å². The van der Waals surface area contributed by atoms with E-state index in [9.17, 15) is 9.59 Å². The lowest BCUT2D eigenvalue weighted by atomic mass is 9.90. The minimum atomic E-state index is -0.974. The van der Waals surface area contributed by atoms with Crippen molar-refractivity contribution < 1.29 is 9.59 Å². The molecule has 3 aliphatic rings. The third kappa shape index (κ3) is 2.70. The minimum Gasteiger partial charge on any atom is -0.319 e. The van der Waals surface area contributed by atoms with Crippen molar-refractivity contribution in [1.82, 2.24) is 15.1 Å². The maximum absolute atomic E-state index is 13.2. The number of nitrogens with zero attached hydrogens (tertiary/aromatic N) is 2. The predicted octanol–water partition coefficient (Wildman–Crippen LogP) is 3.02. The van der Waals surface area contributed by atoms with Crippen LogP contribution in [0.3, 0.4) is 0 Å². The van der Waals surface area contributed by atoms with Crippen LogP contribution in [-0.4, -0.2) is 35.0 Å². The monoisotopic (exact) mass is 381 g/mol. The summed E-state index contributed by atoms with van der Waals surface area (Å²) in [5.74, 6) is -0.151. The van der Waals surface area contributed by atoms with Gasteiger partial charge in [-0.15, -0.1) is 11.3 Å². The van der Waals surface area contributed by atoms with E-state index in [0.717, 1.165) is 37.9 Å². The number of hydrogen-bond donors (Lipinski definition) is 1. The summed E-state index contributed by atoms with van der Waals surface area (Å²) < 4.78 is 0. The van der Waals surface area contributed by atoms with Crippen molar-refractivity contribution in [3.05, 3.63) is 56.8 Å². The van der Waals surface area contributed by atoms with E-state index in [4.69, 9.17) is 0 Å². The first-order valence-electron chi connectivity index (χ1n) is 9.58. The molecular formula is C21H23N3O2S. The molecule has 2 aromatic rings. The van der Waals surface area contributed by atoms with E-state index < -0.39 is 5.54 Å². The van der Waals surface area contributed by atoms with Crippen LogP contribution in [0.4, 0.5) is 4.79 Å². The Morgan fingerprint density at radius 2 is 1.96 bits per heavy atom. The van der Waals surface area contributed by atoms with E-state index in [1.54, 1.807) is 11.3 Å². The molecule has 27 heavy (non-hydrogen) atoms. The van der Waals surface area contributed by atoms with Gasteiger partial charge in [0.15, 0.2) is 0 Å². The number of fused-ring (bicyclic) bond motifs is 2. The molecule has 0 radical (unpaired) electrons. The number of rotatable bonds is 3. The first-order valence-corrected chi connectivity index (χ1v) is 10.5. The molecule has 1 N–H and O–H groups in total. The van der Waals surface area contributed by atoms with Gasteiger partial charge >= 0.3 is 6.03 Å². The summed E-state index contributed by atoms with van der Waals surface area (Å²) in [6.45, 7) is 3.85. The first-order chi connectivity index (χ1) is 13.0. The summed E-state index contributed by atoms with van der Waals surface area (Å²) in [5, 5.41) is 5.07. The lowest BCUT2D eigenvalue weighted by molar-refractivity contribution is -0.132. The van der Waals surface area contributed by atoms with E-state index in [-0.39, 0.29) is 11.9 Å². The second-order valence-corrected chi connectivity index (χ2v) is 8.94. The van der Waals surface area contributed by atoms with Gasteiger partial charge in [0.05, 0.1) is 6.67 Å². The summed E-state index contributed by atoms with van der Waals surface area (Å²) in [5.41, 5.74) is 3.92. The van der Waals surface area contributed by atoms with E-state index in [1.807, 2.05) is 13.0 Å². The van der Waals surface area contributed by atoms with E-state index in [2.05, 4.69) is 33.8 Å². The molecule has 6 heteroatoms. The molecule has 0 bridgehead atoms. The SMILES string of the molecule is C[C@@]1(c2ccc3c(c2)CCC3)NC(=O)N(CN2CCc3sccc3C2)C1=O.